The monoisotopic (exact) mass is 386 g/mol. The summed E-state index contributed by atoms with van der Waals surface area (Å²) in [4.78, 5) is 0. The number of fused-ring (bicyclic) bond motifs is 6. The zero-order chi connectivity index (χ0) is 20.4. The van der Waals surface area contributed by atoms with E-state index in [4.69, 9.17) is 0 Å². The maximum Gasteiger partial charge on any atom is -0.00574 e. The molecule has 0 aromatic heterocycles. The van der Waals surface area contributed by atoms with Gasteiger partial charge in [0.05, 0.1) is 0 Å². The van der Waals surface area contributed by atoms with Gasteiger partial charge in [0.15, 0.2) is 0 Å². The first kappa shape index (κ1) is 17.7. The molecule has 2 atom stereocenters. The highest BCUT2D eigenvalue weighted by Gasteiger charge is 2.40. The Bertz CT molecular complexity index is 1290. The molecule has 146 valence electrons. The highest BCUT2D eigenvalue weighted by Crippen LogP contribution is 2.58. The molecule has 0 N–H and O–H groups in total. The molecular weight excluding hydrogens is 360 g/mol. The molecule has 0 saturated heterocycles. The van der Waals surface area contributed by atoms with Crippen molar-refractivity contribution < 1.29 is 0 Å². The van der Waals surface area contributed by atoms with Crippen LogP contribution in [0.25, 0.3) is 33.0 Å². The van der Waals surface area contributed by atoms with Crippen molar-refractivity contribution in [2.24, 2.45) is 11.8 Å². The Morgan fingerprint density at radius 3 is 1.83 bits per heavy atom. The van der Waals surface area contributed by atoms with Crippen molar-refractivity contribution in [1.82, 2.24) is 0 Å². The highest BCUT2D eigenvalue weighted by atomic mass is 14.4. The van der Waals surface area contributed by atoms with Gasteiger partial charge in [-0.1, -0.05) is 106 Å². The maximum atomic E-state index is 2.43. The summed E-state index contributed by atoms with van der Waals surface area (Å²) in [6, 6.07) is 31.6. The van der Waals surface area contributed by atoms with Crippen molar-refractivity contribution >= 4 is 21.9 Å². The molecule has 0 fully saturated rings. The van der Waals surface area contributed by atoms with E-state index in [-0.39, 0.29) is 0 Å². The minimum absolute atomic E-state index is 0.514. The minimum atomic E-state index is 0.514. The lowest BCUT2D eigenvalue weighted by Gasteiger charge is -2.24. The zero-order valence-electron chi connectivity index (χ0n) is 17.8. The molecule has 0 saturated carbocycles. The zero-order valence-corrected chi connectivity index (χ0v) is 17.8. The van der Waals surface area contributed by atoms with Crippen LogP contribution < -0.4 is 0 Å². The second kappa shape index (κ2) is 6.44. The fraction of sp³-hybridized carbons (Fsp3) is 0.200. The number of allylic oxidation sites excluding steroid dienone is 1. The fourth-order valence-corrected chi connectivity index (χ4v) is 6.09. The third-order valence-electron chi connectivity index (χ3n) is 7.26. The van der Waals surface area contributed by atoms with E-state index < -0.39 is 0 Å². The van der Waals surface area contributed by atoms with E-state index in [1.54, 1.807) is 5.57 Å². The molecule has 0 nitrogen and oxygen atoms in total. The average molecular weight is 387 g/mol. The Morgan fingerprint density at radius 2 is 1.20 bits per heavy atom. The first-order chi connectivity index (χ1) is 14.7. The number of hydrogen-bond acceptors (Lipinski definition) is 0. The third-order valence-corrected chi connectivity index (χ3v) is 7.26. The lowest BCUT2D eigenvalue weighted by atomic mass is 9.79. The van der Waals surface area contributed by atoms with E-state index >= 15 is 0 Å². The van der Waals surface area contributed by atoms with E-state index in [2.05, 4.69) is 106 Å². The standard InChI is InChI=1S/C30H26/c1-18(2)27-19(3)21-17-16-20-10-4-5-11-22(20)28(21)30(27)29-25-14-8-6-12-23(25)24-13-7-9-15-26(24)29/h4-19,27H,1-3H3/t19-,27+/m1/s1. The number of hydrogen-bond donors (Lipinski definition) is 0. The molecule has 2 aliphatic carbocycles. The highest BCUT2D eigenvalue weighted by molar-refractivity contribution is 6.15. The molecule has 0 heterocycles. The van der Waals surface area contributed by atoms with Gasteiger partial charge in [0.2, 0.25) is 0 Å². The summed E-state index contributed by atoms with van der Waals surface area (Å²) in [7, 11) is 0. The largest absolute Gasteiger partial charge is 0.0622 e. The summed E-state index contributed by atoms with van der Waals surface area (Å²) < 4.78 is 0. The third kappa shape index (κ3) is 2.28. The summed E-state index contributed by atoms with van der Waals surface area (Å²) >= 11 is 0. The van der Waals surface area contributed by atoms with Crippen molar-refractivity contribution in [3.63, 3.8) is 0 Å². The van der Waals surface area contributed by atoms with Crippen LogP contribution in [0.2, 0.25) is 0 Å². The second-order valence-corrected chi connectivity index (χ2v) is 9.19. The van der Waals surface area contributed by atoms with Gasteiger partial charge < -0.3 is 0 Å². The van der Waals surface area contributed by atoms with Crippen LogP contribution in [0.3, 0.4) is 0 Å². The predicted octanol–water partition coefficient (Wildman–Crippen LogP) is 8.17. The average Bonchev–Trinajstić information content (AvgIpc) is 3.26. The number of rotatable bonds is 1. The predicted molar refractivity (Wildman–Crippen MR) is 128 cm³/mol. The Hall–Kier alpha value is -3.12. The second-order valence-electron chi connectivity index (χ2n) is 9.19. The fourth-order valence-electron chi connectivity index (χ4n) is 6.09. The van der Waals surface area contributed by atoms with Gasteiger partial charge in [0.1, 0.15) is 0 Å². The summed E-state index contributed by atoms with van der Waals surface area (Å²) in [5.74, 6) is 1.61. The van der Waals surface area contributed by atoms with Crippen molar-refractivity contribution in [2.45, 2.75) is 26.7 Å². The summed E-state index contributed by atoms with van der Waals surface area (Å²) in [6.07, 6.45) is 0. The summed E-state index contributed by atoms with van der Waals surface area (Å²) in [5, 5.41) is 2.74. The molecule has 4 aromatic carbocycles. The molecule has 2 aliphatic rings. The molecule has 0 radical (unpaired) electrons. The summed E-state index contributed by atoms with van der Waals surface area (Å²) in [5.41, 5.74) is 11.6. The van der Waals surface area contributed by atoms with Crippen LogP contribution in [0, 0.1) is 11.8 Å². The molecule has 0 bridgehead atoms. The molecular formula is C30H26. The molecule has 30 heavy (non-hydrogen) atoms. The van der Waals surface area contributed by atoms with Crippen molar-refractivity contribution in [3.05, 3.63) is 107 Å². The Morgan fingerprint density at radius 1 is 0.633 bits per heavy atom. The van der Waals surface area contributed by atoms with Crippen LogP contribution in [0.15, 0.2) is 84.9 Å². The van der Waals surface area contributed by atoms with Gasteiger partial charge in [0.25, 0.3) is 0 Å². The minimum Gasteiger partial charge on any atom is -0.0622 e. The Labute approximate surface area is 178 Å². The molecule has 0 heteroatoms. The first-order valence-corrected chi connectivity index (χ1v) is 11.1. The lowest BCUT2D eigenvalue weighted by molar-refractivity contribution is 0.434. The molecule has 6 rings (SSSR count). The maximum absolute atomic E-state index is 2.43. The van der Waals surface area contributed by atoms with Gasteiger partial charge in [-0.3, -0.25) is 0 Å². The van der Waals surface area contributed by atoms with Crippen molar-refractivity contribution in [1.29, 1.82) is 0 Å². The van der Waals surface area contributed by atoms with E-state index in [9.17, 15) is 0 Å². The van der Waals surface area contributed by atoms with Gasteiger partial charge >= 0.3 is 0 Å². The van der Waals surface area contributed by atoms with Crippen molar-refractivity contribution in [2.75, 3.05) is 0 Å². The molecule has 0 aliphatic heterocycles. The first-order valence-electron chi connectivity index (χ1n) is 11.1. The molecule has 0 spiro atoms. The van der Waals surface area contributed by atoms with E-state index in [1.807, 2.05) is 0 Å². The normalized spacial score (nSPS) is 19.3. The van der Waals surface area contributed by atoms with Gasteiger partial charge in [-0.2, -0.15) is 0 Å². The van der Waals surface area contributed by atoms with E-state index in [0.29, 0.717) is 17.8 Å². The van der Waals surface area contributed by atoms with E-state index in [0.717, 1.165) is 0 Å². The van der Waals surface area contributed by atoms with Crippen LogP contribution in [-0.4, -0.2) is 0 Å². The van der Waals surface area contributed by atoms with Crippen LogP contribution in [-0.2, 0) is 0 Å². The summed E-state index contributed by atoms with van der Waals surface area (Å²) in [6.45, 7) is 7.21. The van der Waals surface area contributed by atoms with Crippen LogP contribution in [0.1, 0.15) is 48.9 Å². The van der Waals surface area contributed by atoms with Gasteiger partial charge in [-0.15, -0.1) is 0 Å². The van der Waals surface area contributed by atoms with Crippen molar-refractivity contribution in [3.8, 4) is 11.1 Å². The molecule has 0 unspecified atom stereocenters. The Balaban J connectivity index is 1.81. The quantitative estimate of drug-likeness (QED) is 0.272. The SMILES string of the molecule is CC(C)[C@@H]1C(=C2c3ccccc3-c3ccccc32)c2c(ccc3ccccc23)[C@H]1C. The van der Waals surface area contributed by atoms with E-state index in [1.165, 1.54) is 49.7 Å². The van der Waals surface area contributed by atoms with Gasteiger partial charge in [-0.05, 0) is 73.1 Å². The lowest BCUT2D eigenvalue weighted by Crippen LogP contribution is -2.12. The van der Waals surface area contributed by atoms with Crippen LogP contribution in [0.5, 0.6) is 0 Å². The number of benzene rings is 4. The van der Waals surface area contributed by atoms with Gasteiger partial charge in [-0.25, -0.2) is 0 Å². The van der Waals surface area contributed by atoms with Gasteiger partial charge in [0, 0.05) is 0 Å². The smallest absolute Gasteiger partial charge is 0.00574 e. The Kier molecular flexibility index (Phi) is 3.80. The topological polar surface area (TPSA) is 0 Å². The van der Waals surface area contributed by atoms with Crippen LogP contribution in [0.4, 0.5) is 0 Å². The van der Waals surface area contributed by atoms with Crippen LogP contribution >= 0.6 is 0 Å². The molecule has 4 aromatic rings. The molecule has 0 amide bonds.